The number of amides is 1. The fraction of sp³-hybridized carbons (Fsp3) is 0.619. The number of hydrogen-bond acceptors (Lipinski definition) is 3. The van der Waals surface area contributed by atoms with Crippen LogP contribution >= 0.6 is 35.6 Å². The Labute approximate surface area is 195 Å². The topological polar surface area (TPSA) is 66.0 Å². The number of rotatable bonds is 5. The van der Waals surface area contributed by atoms with Crippen LogP contribution in [0.2, 0.25) is 5.02 Å². The Morgan fingerprint density at radius 3 is 2.72 bits per heavy atom. The quantitative estimate of drug-likeness (QED) is 0.343. The second-order valence-corrected chi connectivity index (χ2v) is 8.07. The maximum Gasteiger partial charge on any atom is 0.225 e. The fourth-order valence-corrected chi connectivity index (χ4v) is 4.28. The third-order valence-corrected chi connectivity index (χ3v) is 5.95. The Bertz CT molecular complexity index is 710. The highest BCUT2D eigenvalue weighted by Gasteiger charge is 2.31. The molecule has 1 heterocycles. The second kappa shape index (κ2) is 11.8. The van der Waals surface area contributed by atoms with Gasteiger partial charge in [-0.2, -0.15) is 0 Å². The van der Waals surface area contributed by atoms with E-state index in [0.29, 0.717) is 17.5 Å². The van der Waals surface area contributed by atoms with Gasteiger partial charge in [0.1, 0.15) is 5.75 Å². The van der Waals surface area contributed by atoms with E-state index in [-0.39, 0.29) is 35.9 Å². The zero-order valence-corrected chi connectivity index (χ0v) is 20.3. The Kier molecular flexibility index (Phi) is 9.82. The number of ether oxygens (including phenoxy) is 1. The number of carbonyl (C=O) groups is 1. The number of likely N-dealkylation sites (tertiary alicyclic amines) is 1. The average molecular weight is 535 g/mol. The number of nitrogens with zero attached hydrogens (tertiary/aromatic N) is 2. The number of benzene rings is 1. The van der Waals surface area contributed by atoms with E-state index in [1.807, 2.05) is 17.0 Å². The predicted molar refractivity (Wildman–Crippen MR) is 128 cm³/mol. The minimum Gasteiger partial charge on any atom is -0.496 e. The van der Waals surface area contributed by atoms with Crippen molar-refractivity contribution in [1.82, 2.24) is 15.5 Å². The van der Waals surface area contributed by atoms with E-state index in [0.717, 1.165) is 49.6 Å². The van der Waals surface area contributed by atoms with Crippen LogP contribution in [0, 0.1) is 5.92 Å². The van der Waals surface area contributed by atoms with Gasteiger partial charge in [0, 0.05) is 49.2 Å². The van der Waals surface area contributed by atoms with Crippen molar-refractivity contribution >= 4 is 47.4 Å². The highest BCUT2D eigenvalue weighted by Crippen LogP contribution is 2.27. The first kappa shape index (κ1) is 24.1. The Hall–Kier alpha value is -1.22. The summed E-state index contributed by atoms with van der Waals surface area (Å²) in [5.74, 6) is 2.06. The molecule has 1 aromatic carbocycles. The molecule has 0 aromatic heterocycles. The van der Waals surface area contributed by atoms with Crippen LogP contribution in [0.1, 0.15) is 44.1 Å². The zero-order valence-electron chi connectivity index (χ0n) is 17.2. The lowest BCUT2D eigenvalue weighted by molar-refractivity contribution is -0.135. The lowest BCUT2D eigenvalue weighted by atomic mass is 9.88. The molecule has 2 fully saturated rings. The first-order chi connectivity index (χ1) is 13.6. The van der Waals surface area contributed by atoms with Crippen LogP contribution in [-0.4, -0.2) is 50.1 Å². The van der Waals surface area contributed by atoms with Gasteiger partial charge >= 0.3 is 0 Å². The molecule has 0 radical (unpaired) electrons. The number of halogens is 2. The largest absolute Gasteiger partial charge is 0.496 e. The summed E-state index contributed by atoms with van der Waals surface area (Å²) in [6.07, 6.45) is 6.71. The normalized spacial score (nSPS) is 20.2. The molecule has 1 aromatic rings. The lowest BCUT2D eigenvalue weighted by Crippen LogP contribution is -2.45. The maximum atomic E-state index is 12.7. The van der Waals surface area contributed by atoms with Crippen LogP contribution in [0.4, 0.5) is 0 Å². The Morgan fingerprint density at radius 2 is 2.03 bits per heavy atom. The SMILES string of the molecule is CN=C(NCc1ccc(Cl)cc1OC)NC1CCN(C(=O)C2CCCCC2)C1.I. The van der Waals surface area contributed by atoms with Gasteiger partial charge in [-0.15, -0.1) is 24.0 Å². The first-order valence-electron chi connectivity index (χ1n) is 10.2. The molecule has 2 aliphatic rings. The maximum absolute atomic E-state index is 12.7. The van der Waals surface area contributed by atoms with E-state index in [1.54, 1.807) is 20.2 Å². The summed E-state index contributed by atoms with van der Waals surface area (Å²) in [6, 6.07) is 5.83. The van der Waals surface area contributed by atoms with E-state index in [9.17, 15) is 4.79 Å². The van der Waals surface area contributed by atoms with Crippen molar-refractivity contribution in [1.29, 1.82) is 0 Å². The lowest BCUT2D eigenvalue weighted by Gasteiger charge is -2.26. The third-order valence-electron chi connectivity index (χ3n) is 5.71. The van der Waals surface area contributed by atoms with Crippen molar-refractivity contribution in [2.75, 3.05) is 27.2 Å². The molecule has 2 N–H and O–H groups in total. The van der Waals surface area contributed by atoms with Gasteiger partial charge in [-0.05, 0) is 31.4 Å². The van der Waals surface area contributed by atoms with E-state index < -0.39 is 0 Å². The molecule has 1 aliphatic heterocycles. The van der Waals surface area contributed by atoms with E-state index >= 15 is 0 Å². The van der Waals surface area contributed by atoms with Gasteiger partial charge < -0.3 is 20.3 Å². The van der Waals surface area contributed by atoms with Crippen molar-refractivity contribution in [2.45, 2.75) is 51.1 Å². The number of hydrogen-bond donors (Lipinski definition) is 2. The summed E-state index contributed by atoms with van der Waals surface area (Å²) in [7, 11) is 3.40. The number of nitrogens with one attached hydrogen (secondary N) is 2. The molecule has 1 atom stereocenters. The van der Waals surface area contributed by atoms with Crippen molar-refractivity contribution in [3.05, 3.63) is 28.8 Å². The number of aliphatic imine (C=N–C) groups is 1. The average Bonchev–Trinajstić information content (AvgIpc) is 3.20. The summed E-state index contributed by atoms with van der Waals surface area (Å²) < 4.78 is 5.39. The Balaban J connectivity index is 0.00000300. The van der Waals surface area contributed by atoms with Crippen molar-refractivity contribution in [2.24, 2.45) is 10.9 Å². The van der Waals surface area contributed by atoms with Crippen LogP contribution in [0.25, 0.3) is 0 Å². The highest BCUT2D eigenvalue weighted by atomic mass is 127. The van der Waals surface area contributed by atoms with Crippen molar-refractivity contribution in [3.63, 3.8) is 0 Å². The zero-order chi connectivity index (χ0) is 19.9. The summed E-state index contributed by atoms with van der Waals surface area (Å²) in [5, 5.41) is 7.43. The van der Waals surface area contributed by atoms with Crippen LogP contribution in [0.5, 0.6) is 5.75 Å². The molecule has 1 unspecified atom stereocenters. The van der Waals surface area contributed by atoms with E-state index in [4.69, 9.17) is 16.3 Å². The van der Waals surface area contributed by atoms with Crippen molar-refractivity contribution in [3.8, 4) is 5.75 Å². The highest BCUT2D eigenvalue weighted by molar-refractivity contribution is 14.0. The second-order valence-electron chi connectivity index (χ2n) is 7.63. The van der Waals surface area contributed by atoms with Crippen molar-refractivity contribution < 1.29 is 9.53 Å². The van der Waals surface area contributed by atoms with E-state index in [2.05, 4.69) is 15.6 Å². The summed E-state index contributed by atoms with van der Waals surface area (Å²) in [6.45, 7) is 2.16. The van der Waals surface area contributed by atoms with Gasteiger partial charge in [0.25, 0.3) is 0 Å². The Morgan fingerprint density at radius 1 is 1.28 bits per heavy atom. The predicted octanol–water partition coefficient (Wildman–Crippen LogP) is 3.81. The summed E-state index contributed by atoms with van der Waals surface area (Å²) in [4.78, 5) is 19.1. The van der Waals surface area contributed by atoms with Crippen LogP contribution in [0.15, 0.2) is 23.2 Å². The minimum atomic E-state index is 0. The molecule has 8 heteroatoms. The van der Waals surface area contributed by atoms with Gasteiger partial charge in [0.2, 0.25) is 5.91 Å². The molecule has 0 spiro atoms. The molecule has 3 rings (SSSR count). The standard InChI is InChI=1S/C21H31ClN4O2.HI/c1-23-21(24-13-16-8-9-17(22)12-19(16)28-2)25-18-10-11-26(14-18)20(27)15-6-4-3-5-7-15;/h8-9,12,15,18H,3-7,10-11,13-14H2,1-2H3,(H2,23,24,25);1H. The van der Waals surface area contributed by atoms with Gasteiger partial charge in [-0.3, -0.25) is 9.79 Å². The van der Waals surface area contributed by atoms with Crippen LogP contribution in [0.3, 0.4) is 0 Å². The molecule has 29 heavy (non-hydrogen) atoms. The molecule has 6 nitrogen and oxygen atoms in total. The van der Waals surface area contributed by atoms with E-state index in [1.165, 1.54) is 19.3 Å². The summed E-state index contributed by atoms with van der Waals surface area (Å²) in [5.41, 5.74) is 1.01. The number of carbonyl (C=O) groups excluding carboxylic acids is 1. The number of guanidine groups is 1. The molecule has 1 saturated heterocycles. The van der Waals surface area contributed by atoms with Crippen LogP contribution < -0.4 is 15.4 Å². The number of methoxy groups -OCH3 is 1. The first-order valence-corrected chi connectivity index (χ1v) is 10.6. The molecular formula is C21H32ClIN4O2. The fourth-order valence-electron chi connectivity index (χ4n) is 4.12. The molecular weight excluding hydrogens is 503 g/mol. The minimum absolute atomic E-state index is 0. The third kappa shape index (κ3) is 6.64. The van der Waals surface area contributed by atoms with Crippen LogP contribution in [-0.2, 0) is 11.3 Å². The van der Waals surface area contributed by atoms with Gasteiger partial charge in [0.15, 0.2) is 5.96 Å². The monoisotopic (exact) mass is 534 g/mol. The molecule has 1 saturated carbocycles. The molecule has 0 bridgehead atoms. The summed E-state index contributed by atoms with van der Waals surface area (Å²) >= 11 is 6.03. The molecule has 162 valence electrons. The molecule has 1 aliphatic carbocycles. The van der Waals surface area contributed by atoms with Gasteiger partial charge in [0.05, 0.1) is 7.11 Å². The van der Waals surface area contributed by atoms with Gasteiger partial charge in [-0.1, -0.05) is 36.9 Å². The smallest absolute Gasteiger partial charge is 0.225 e. The van der Waals surface area contributed by atoms with Gasteiger partial charge in [-0.25, -0.2) is 0 Å². The molecule has 1 amide bonds.